The molecule has 0 spiro atoms. The van der Waals surface area contributed by atoms with Gasteiger partial charge in [0.1, 0.15) is 18.1 Å². The summed E-state index contributed by atoms with van der Waals surface area (Å²) in [4.78, 5) is 23.8. The first-order valence-electron chi connectivity index (χ1n) is 7.49. The number of amides is 2. The van der Waals surface area contributed by atoms with Crippen molar-refractivity contribution in [1.82, 2.24) is 0 Å². The van der Waals surface area contributed by atoms with Crippen molar-refractivity contribution >= 4 is 23.2 Å². The monoisotopic (exact) mass is 344 g/mol. The summed E-state index contributed by atoms with van der Waals surface area (Å²) in [7, 11) is 4.49. The molecule has 0 unspecified atom stereocenters. The molecule has 0 aliphatic rings. The standard InChI is InChI=1S/C18H20N2O5/c1-23-11-17(21)19-13-4-6-14(7-5-13)20-18(22)12-8-15(24-2)10-16(9-12)25-3/h4-10H,11H2,1-3H3,(H,19,21)(H,20,22). The Bertz CT molecular complexity index is 721. The Labute approximate surface area is 145 Å². The average Bonchev–Trinajstić information content (AvgIpc) is 2.63. The van der Waals surface area contributed by atoms with Crippen LogP contribution in [0.1, 0.15) is 10.4 Å². The highest BCUT2D eigenvalue weighted by Crippen LogP contribution is 2.23. The second kappa shape index (κ2) is 8.70. The number of carbonyl (C=O) groups is 2. The smallest absolute Gasteiger partial charge is 0.255 e. The van der Waals surface area contributed by atoms with Gasteiger partial charge >= 0.3 is 0 Å². The number of rotatable bonds is 7. The molecule has 0 aromatic heterocycles. The predicted octanol–water partition coefficient (Wildman–Crippen LogP) is 2.54. The second-order valence-corrected chi connectivity index (χ2v) is 5.11. The third-order valence-electron chi connectivity index (χ3n) is 3.32. The van der Waals surface area contributed by atoms with E-state index < -0.39 is 0 Å². The SMILES string of the molecule is COCC(=O)Nc1ccc(NC(=O)c2cc(OC)cc(OC)c2)cc1. The average molecular weight is 344 g/mol. The van der Waals surface area contributed by atoms with Gasteiger partial charge in [-0.05, 0) is 36.4 Å². The summed E-state index contributed by atoms with van der Waals surface area (Å²) in [5.41, 5.74) is 1.62. The van der Waals surface area contributed by atoms with Crippen LogP contribution in [0.4, 0.5) is 11.4 Å². The lowest BCUT2D eigenvalue weighted by molar-refractivity contribution is -0.119. The fraction of sp³-hybridized carbons (Fsp3) is 0.222. The Balaban J connectivity index is 2.06. The molecule has 2 amide bonds. The first kappa shape index (κ1) is 18.3. The predicted molar refractivity (Wildman–Crippen MR) is 94.4 cm³/mol. The fourth-order valence-electron chi connectivity index (χ4n) is 2.11. The van der Waals surface area contributed by atoms with E-state index >= 15 is 0 Å². The van der Waals surface area contributed by atoms with Crippen molar-refractivity contribution < 1.29 is 23.8 Å². The van der Waals surface area contributed by atoms with Crippen LogP contribution in [-0.4, -0.2) is 39.8 Å². The minimum Gasteiger partial charge on any atom is -0.497 e. The van der Waals surface area contributed by atoms with Crippen LogP contribution in [0.3, 0.4) is 0 Å². The van der Waals surface area contributed by atoms with Crippen molar-refractivity contribution in [3.05, 3.63) is 48.0 Å². The van der Waals surface area contributed by atoms with Gasteiger partial charge in [0.15, 0.2) is 0 Å². The number of methoxy groups -OCH3 is 3. The number of hydrogen-bond acceptors (Lipinski definition) is 5. The Morgan fingerprint density at radius 3 is 1.84 bits per heavy atom. The molecule has 0 heterocycles. The highest BCUT2D eigenvalue weighted by Gasteiger charge is 2.10. The van der Waals surface area contributed by atoms with E-state index in [9.17, 15) is 9.59 Å². The van der Waals surface area contributed by atoms with Gasteiger partial charge in [-0.2, -0.15) is 0 Å². The normalized spacial score (nSPS) is 10.0. The maximum absolute atomic E-state index is 12.4. The van der Waals surface area contributed by atoms with Crippen molar-refractivity contribution in [3.63, 3.8) is 0 Å². The summed E-state index contributed by atoms with van der Waals surface area (Å²) in [6.07, 6.45) is 0. The third kappa shape index (κ3) is 5.22. The number of ether oxygens (including phenoxy) is 3. The van der Waals surface area contributed by atoms with E-state index in [0.29, 0.717) is 28.4 Å². The maximum atomic E-state index is 12.4. The van der Waals surface area contributed by atoms with E-state index in [0.717, 1.165) is 0 Å². The molecule has 0 fully saturated rings. The molecule has 0 saturated heterocycles. The van der Waals surface area contributed by atoms with Gasteiger partial charge in [-0.3, -0.25) is 9.59 Å². The molecule has 7 heteroatoms. The Morgan fingerprint density at radius 1 is 0.840 bits per heavy atom. The quantitative estimate of drug-likeness (QED) is 0.806. The molecule has 7 nitrogen and oxygen atoms in total. The number of hydrogen-bond donors (Lipinski definition) is 2. The van der Waals surface area contributed by atoms with Crippen LogP contribution in [0.2, 0.25) is 0 Å². The van der Waals surface area contributed by atoms with Gasteiger partial charge in [-0.25, -0.2) is 0 Å². The molecule has 0 saturated carbocycles. The molecule has 0 aliphatic heterocycles. The Kier molecular flexibility index (Phi) is 6.36. The van der Waals surface area contributed by atoms with Crippen LogP contribution in [-0.2, 0) is 9.53 Å². The molecule has 0 aliphatic carbocycles. The van der Waals surface area contributed by atoms with E-state index in [2.05, 4.69) is 10.6 Å². The van der Waals surface area contributed by atoms with Crippen LogP contribution in [0, 0.1) is 0 Å². The van der Waals surface area contributed by atoms with Crippen LogP contribution < -0.4 is 20.1 Å². The summed E-state index contributed by atoms with van der Waals surface area (Å²) in [5.74, 6) is 0.512. The molecule has 2 aromatic carbocycles. The van der Waals surface area contributed by atoms with Crippen molar-refractivity contribution in [3.8, 4) is 11.5 Å². The minimum atomic E-state index is -0.298. The number of benzene rings is 2. The third-order valence-corrected chi connectivity index (χ3v) is 3.32. The van der Waals surface area contributed by atoms with E-state index in [1.54, 1.807) is 42.5 Å². The lowest BCUT2D eigenvalue weighted by atomic mass is 10.1. The van der Waals surface area contributed by atoms with Crippen molar-refractivity contribution in [2.24, 2.45) is 0 Å². The molecule has 132 valence electrons. The lowest BCUT2D eigenvalue weighted by Crippen LogP contribution is -2.17. The van der Waals surface area contributed by atoms with Gasteiger partial charge in [-0.1, -0.05) is 0 Å². The van der Waals surface area contributed by atoms with E-state index in [1.165, 1.54) is 21.3 Å². The van der Waals surface area contributed by atoms with Crippen molar-refractivity contribution in [1.29, 1.82) is 0 Å². The number of nitrogens with one attached hydrogen (secondary N) is 2. The molecule has 0 radical (unpaired) electrons. The zero-order valence-corrected chi connectivity index (χ0v) is 14.3. The second-order valence-electron chi connectivity index (χ2n) is 5.11. The van der Waals surface area contributed by atoms with Crippen LogP contribution in [0.5, 0.6) is 11.5 Å². The molecule has 2 N–H and O–H groups in total. The van der Waals surface area contributed by atoms with E-state index in [4.69, 9.17) is 14.2 Å². The first-order chi connectivity index (χ1) is 12.0. The molecule has 2 aromatic rings. The molecule has 0 bridgehead atoms. The van der Waals surface area contributed by atoms with Crippen LogP contribution in [0.25, 0.3) is 0 Å². The summed E-state index contributed by atoms with van der Waals surface area (Å²) in [6.45, 7) is -0.0177. The molecular weight excluding hydrogens is 324 g/mol. The zero-order chi connectivity index (χ0) is 18.2. The number of carbonyl (C=O) groups excluding carboxylic acids is 2. The summed E-state index contributed by atoms with van der Waals surface area (Å²) < 4.78 is 15.1. The summed E-state index contributed by atoms with van der Waals surface area (Å²) in [6, 6.07) is 11.7. The molecule has 2 rings (SSSR count). The molecule has 0 atom stereocenters. The van der Waals surface area contributed by atoms with Gasteiger partial charge in [-0.15, -0.1) is 0 Å². The highest BCUT2D eigenvalue weighted by atomic mass is 16.5. The van der Waals surface area contributed by atoms with Gasteiger partial charge in [0, 0.05) is 30.1 Å². The fourth-order valence-corrected chi connectivity index (χ4v) is 2.11. The van der Waals surface area contributed by atoms with Gasteiger partial charge in [0.05, 0.1) is 14.2 Å². The number of anilines is 2. The highest BCUT2D eigenvalue weighted by molar-refractivity contribution is 6.05. The van der Waals surface area contributed by atoms with Crippen molar-refractivity contribution in [2.75, 3.05) is 38.6 Å². The van der Waals surface area contributed by atoms with Gasteiger partial charge in [0.2, 0.25) is 5.91 Å². The first-order valence-corrected chi connectivity index (χ1v) is 7.49. The largest absolute Gasteiger partial charge is 0.497 e. The lowest BCUT2D eigenvalue weighted by Gasteiger charge is -2.10. The van der Waals surface area contributed by atoms with Gasteiger partial charge in [0.25, 0.3) is 5.91 Å². The maximum Gasteiger partial charge on any atom is 0.255 e. The van der Waals surface area contributed by atoms with Crippen LogP contribution in [0.15, 0.2) is 42.5 Å². The minimum absolute atomic E-state index is 0.0177. The zero-order valence-electron chi connectivity index (χ0n) is 14.3. The van der Waals surface area contributed by atoms with Crippen molar-refractivity contribution in [2.45, 2.75) is 0 Å². The summed E-state index contributed by atoms with van der Waals surface area (Å²) >= 11 is 0. The topological polar surface area (TPSA) is 85.9 Å². The summed E-state index contributed by atoms with van der Waals surface area (Å²) in [5, 5.41) is 5.45. The van der Waals surface area contributed by atoms with E-state index in [-0.39, 0.29) is 18.4 Å². The molecule has 25 heavy (non-hydrogen) atoms. The van der Waals surface area contributed by atoms with E-state index in [1.807, 2.05) is 0 Å². The Hall–Kier alpha value is -3.06. The van der Waals surface area contributed by atoms with Gasteiger partial charge < -0.3 is 24.8 Å². The van der Waals surface area contributed by atoms with Crippen LogP contribution >= 0.6 is 0 Å². The molecular formula is C18H20N2O5. The Morgan fingerprint density at radius 2 is 1.36 bits per heavy atom.